The zero-order valence-electron chi connectivity index (χ0n) is 34.7. The van der Waals surface area contributed by atoms with Crippen molar-refractivity contribution < 1.29 is 46.2 Å². The van der Waals surface area contributed by atoms with Crippen LogP contribution in [0.15, 0.2) is 100 Å². The highest BCUT2D eigenvalue weighted by Crippen LogP contribution is 2.40. The van der Waals surface area contributed by atoms with Crippen LogP contribution in [0.3, 0.4) is 0 Å². The highest BCUT2D eigenvalue weighted by atomic mass is 32.2. The molecule has 6 rings (SSSR count). The summed E-state index contributed by atoms with van der Waals surface area (Å²) in [7, 11) is -0.648. The van der Waals surface area contributed by atoms with Gasteiger partial charge >= 0.3 is 6.03 Å². The van der Waals surface area contributed by atoms with Crippen molar-refractivity contribution in [1.29, 1.82) is 0 Å². The monoisotopic (exact) mass is 855 g/mol. The zero-order chi connectivity index (χ0) is 43.6. The van der Waals surface area contributed by atoms with Crippen LogP contribution >= 0.6 is 0 Å². The van der Waals surface area contributed by atoms with Crippen LogP contribution in [-0.2, 0) is 37.9 Å². The Hall–Kier alpha value is -6.56. The van der Waals surface area contributed by atoms with E-state index in [1.807, 2.05) is 63.2 Å². The number of amides is 2. The Morgan fingerprint density at radius 3 is 2.23 bits per heavy atom. The van der Waals surface area contributed by atoms with E-state index in [4.69, 9.17) is 32.9 Å². The van der Waals surface area contributed by atoms with Gasteiger partial charge in [-0.3, -0.25) is 14.5 Å². The largest absolute Gasteiger partial charge is 0.497 e. The number of H-pyrrole nitrogens is 1. The molecule has 0 aliphatic carbocycles. The molecule has 16 nitrogen and oxygen atoms in total. The number of urea groups is 1. The number of nitrogens with one attached hydrogen (secondary N) is 4. The van der Waals surface area contributed by atoms with Crippen molar-refractivity contribution >= 4 is 43.9 Å². The minimum atomic E-state index is -3.65. The molecule has 4 aromatic carbocycles. The van der Waals surface area contributed by atoms with Gasteiger partial charge in [0.05, 0.1) is 57.4 Å². The number of methoxy groups -OCH3 is 2. The molecule has 4 N–H and O–H groups in total. The Bertz CT molecular complexity index is 2640. The molecule has 2 heterocycles. The number of sulfonamides is 1. The van der Waals surface area contributed by atoms with Crippen molar-refractivity contribution in [3.05, 3.63) is 124 Å². The Morgan fingerprint density at radius 2 is 1.51 bits per heavy atom. The minimum Gasteiger partial charge on any atom is -0.497 e. The molecule has 17 heteroatoms. The fourth-order valence-electron chi connectivity index (χ4n) is 6.28. The fraction of sp³-hybridized carbons (Fsp3) is 0.295. The molecular weight excluding hydrogens is 807 g/mol. The number of carbonyl (C=O) groups excluding carboxylic acids is 1. The summed E-state index contributed by atoms with van der Waals surface area (Å²) in [5.41, 5.74) is 2.78. The molecule has 0 aliphatic rings. The number of nitrogens with zero attached hydrogens (tertiary/aromatic N) is 1. The molecular formula is C44H49N5O11S. The van der Waals surface area contributed by atoms with Crippen LogP contribution in [0.5, 0.6) is 28.7 Å². The summed E-state index contributed by atoms with van der Waals surface area (Å²) in [4.78, 5) is 29.2. The predicted octanol–water partition coefficient (Wildman–Crippen LogP) is 7.84. The van der Waals surface area contributed by atoms with E-state index in [1.165, 1.54) is 13.2 Å². The highest BCUT2D eigenvalue weighted by molar-refractivity contribution is 7.92. The van der Waals surface area contributed by atoms with E-state index in [-0.39, 0.29) is 29.0 Å². The van der Waals surface area contributed by atoms with Gasteiger partial charge < -0.3 is 43.6 Å². The summed E-state index contributed by atoms with van der Waals surface area (Å²) in [6, 6.07) is 24.6. The molecule has 0 bridgehead atoms. The maximum Gasteiger partial charge on any atom is 0.323 e. The Kier molecular flexibility index (Phi) is 14.2. The van der Waals surface area contributed by atoms with Gasteiger partial charge in [-0.15, -0.1) is 0 Å². The van der Waals surface area contributed by atoms with Crippen LogP contribution < -0.4 is 39.9 Å². The molecule has 322 valence electrons. The number of aromatic amines is 1. The Morgan fingerprint density at radius 1 is 0.787 bits per heavy atom. The number of aromatic nitrogens is 2. The van der Waals surface area contributed by atoms with Gasteiger partial charge in [-0.2, -0.15) is 5.16 Å². The first-order chi connectivity index (χ1) is 29.2. The summed E-state index contributed by atoms with van der Waals surface area (Å²) in [6.07, 6.45) is 3.20. The average Bonchev–Trinajstić information content (AvgIpc) is 3.63. The number of pyridine rings is 1. The average molecular weight is 856 g/mol. The number of fused-ring (bicyclic) bond motifs is 1. The van der Waals surface area contributed by atoms with Crippen LogP contribution in [0.1, 0.15) is 43.4 Å². The maximum atomic E-state index is 13.5. The van der Waals surface area contributed by atoms with Gasteiger partial charge in [-0.05, 0) is 59.0 Å². The number of hydrogen-bond acceptors (Lipinski definition) is 12. The van der Waals surface area contributed by atoms with Gasteiger partial charge in [0.2, 0.25) is 10.0 Å². The molecule has 0 spiro atoms. The Balaban J connectivity index is 1.10. The lowest BCUT2D eigenvalue weighted by atomic mass is 9.86. The third kappa shape index (κ3) is 12.5. The molecule has 0 saturated heterocycles. The molecule has 0 radical (unpaired) electrons. The number of carbonyl (C=O) groups is 1. The van der Waals surface area contributed by atoms with Crippen molar-refractivity contribution in [2.75, 3.05) is 62.3 Å². The quantitative estimate of drug-likeness (QED) is 0.0576. The number of ether oxygens (including phenoxy) is 6. The molecule has 0 aliphatic heterocycles. The number of hydrogen-bond donors (Lipinski definition) is 4. The van der Waals surface area contributed by atoms with Crippen molar-refractivity contribution in [2.24, 2.45) is 0 Å². The summed E-state index contributed by atoms with van der Waals surface area (Å²) >= 11 is 0. The van der Waals surface area contributed by atoms with E-state index in [9.17, 15) is 18.0 Å². The van der Waals surface area contributed by atoms with Gasteiger partial charge in [-0.25, -0.2) is 13.2 Å². The van der Waals surface area contributed by atoms with Crippen LogP contribution in [0, 0.1) is 0 Å². The van der Waals surface area contributed by atoms with Gasteiger partial charge in [0.25, 0.3) is 5.56 Å². The fourth-order valence-corrected chi connectivity index (χ4v) is 6.84. The van der Waals surface area contributed by atoms with E-state index >= 15 is 0 Å². The maximum absolute atomic E-state index is 13.5. The van der Waals surface area contributed by atoms with E-state index in [2.05, 4.69) is 25.5 Å². The van der Waals surface area contributed by atoms with Crippen LogP contribution in [0.2, 0.25) is 0 Å². The first-order valence-corrected chi connectivity index (χ1v) is 21.1. The van der Waals surface area contributed by atoms with Gasteiger partial charge in [-0.1, -0.05) is 45.0 Å². The highest BCUT2D eigenvalue weighted by Gasteiger charge is 2.23. The summed E-state index contributed by atoms with van der Waals surface area (Å²) in [5.74, 6) is 2.96. The van der Waals surface area contributed by atoms with E-state index < -0.39 is 16.1 Å². The number of benzene rings is 4. The third-order valence-electron chi connectivity index (χ3n) is 9.10. The first-order valence-electron chi connectivity index (χ1n) is 19.2. The third-order valence-corrected chi connectivity index (χ3v) is 9.69. The number of anilines is 3. The molecule has 2 amide bonds. The minimum absolute atomic E-state index is 0.170. The SMILES string of the molecule is COc1cc(Cc2cc(Oc3ccc(NC(=O)Nc4cc(C(C)(C)C)cc(NS(C)(=O)=O)c4OC)c4ccccc34)ccn2)cc(OCCOCCOCc2cc(=O)[nH]o2)c1. The standard InChI is InChI=1S/C44H49N5O11S/c1-44(2,3)29-22-38(42(55-5)39(23-29)49-61(6,52)53)47-43(51)46-37-11-12-40(36-10-8-7-9-35(36)37)59-31-13-14-45-30(24-31)19-28-20-32(54-4)25-33(21-28)58-18-17-56-15-16-57-27-34-26-41(50)48-60-34/h7-14,20-26,49H,15-19,27H2,1-6H3,(H,48,50)(H2,46,47,51). The van der Waals surface area contributed by atoms with Crippen molar-refractivity contribution in [1.82, 2.24) is 10.1 Å². The zero-order valence-corrected chi connectivity index (χ0v) is 35.6. The molecule has 61 heavy (non-hydrogen) atoms. The van der Waals surface area contributed by atoms with Crippen LogP contribution in [-0.4, -0.2) is 71.5 Å². The van der Waals surface area contributed by atoms with Crippen molar-refractivity contribution in [3.8, 4) is 28.7 Å². The lowest BCUT2D eigenvalue weighted by Gasteiger charge is -2.24. The van der Waals surface area contributed by atoms with E-state index in [0.29, 0.717) is 73.0 Å². The van der Waals surface area contributed by atoms with Gasteiger partial charge in [0.15, 0.2) is 11.5 Å². The number of rotatable bonds is 19. The first kappa shape index (κ1) is 44.0. The molecule has 0 unspecified atom stereocenters. The second-order valence-electron chi connectivity index (χ2n) is 14.9. The van der Waals surface area contributed by atoms with Crippen LogP contribution in [0.4, 0.5) is 21.9 Å². The van der Waals surface area contributed by atoms with E-state index in [1.54, 1.807) is 49.7 Å². The van der Waals surface area contributed by atoms with Gasteiger partial charge in [0.1, 0.15) is 36.2 Å². The molecule has 0 saturated carbocycles. The molecule has 0 fully saturated rings. The lowest BCUT2D eigenvalue weighted by molar-refractivity contribution is 0.0242. The second kappa shape index (κ2) is 19.7. The van der Waals surface area contributed by atoms with Crippen molar-refractivity contribution in [2.45, 2.75) is 39.2 Å². The topological polar surface area (TPSA) is 202 Å². The second-order valence-corrected chi connectivity index (χ2v) is 16.7. The van der Waals surface area contributed by atoms with Crippen molar-refractivity contribution in [3.63, 3.8) is 0 Å². The smallest absolute Gasteiger partial charge is 0.323 e. The summed E-state index contributed by atoms with van der Waals surface area (Å²) in [5, 5.41) is 9.47. The Labute approximate surface area is 353 Å². The lowest BCUT2D eigenvalue weighted by Crippen LogP contribution is -2.22. The normalized spacial score (nSPS) is 11.6. The van der Waals surface area contributed by atoms with E-state index in [0.717, 1.165) is 33.8 Å². The predicted molar refractivity (Wildman–Crippen MR) is 232 cm³/mol. The van der Waals surface area contributed by atoms with Gasteiger partial charge in [0, 0.05) is 47.3 Å². The summed E-state index contributed by atoms with van der Waals surface area (Å²) in [6.45, 7) is 7.44. The molecule has 0 atom stereocenters. The molecule has 2 aromatic heterocycles. The summed E-state index contributed by atoms with van der Waals surface area (Å²) < 4.78 is 66.3. The molecule has 6 aromatic rings. The van der Waals surface area contributed by atoms with Crippen LogP contribution in [0.25, 0.3) is 10.8 Å².